The first-order chi connectivity index (χ1) is 11.8. The molecule has 8 nitrogen and oxygen atoms in total. The molecule has 1 heterocycles. The summed E-state index contributed by atoms with van der Waals surface area (Å²) < 4.78 is 23.3. The number of halogens is 1. The lowest BCUT2D eigenvalue weighted by atomic mass is 10.1. The summed E-state index contributed by atoms with van der Waals surface area (Å²) in [7, 11) is 1.33. The number of ether oxygens (including phenoxy) is 1. The molecule has 0 aliphatic heterocycles. The Morgan fingerprint density at radius 1 is 1.40 bits per heavy atom. The fourth-order valence-electron chi connectivity index (χ4n) is 2.07. The normalized spacial score (nSPS) is 13.1. The van der Waals surface area contributed by atoms with Crippen molar-refractivity contribution in [2.75, 3.05) is 17.7 Å². The van der Waals surface area contributed by atoms with Gasteiger partial charge in [-0.25, -0.2) is 4.39 Å². The summed E-state index contributed by atoms with van der Waals surface area (Å²) in [6, 6.07) is 3.11. The fraction of sp³-hybridized carbons (Fsp3) is 0.267. The molecule has 0 aliphatic carbocycles. The average Bonchev–Trinajstić information content (AvgIpc) is 2.98. The van der Waals surface area contributed by atoms with Crippen LogP contribution in [0.1, 0.15) is 16.1 Å². The van der Waals surface area contributed by atoms with E-state index in [0.717, 1.165) is 11.8 Å². The molecule has 0 saturated carbocycles. The molecule has 0 fully saturated rings. The maximum absolute atomic E-state index is 14.3. The van der Waals surface area contributed by atoms with Crippen LogP contribution in [0.2, 0.25) is 0 Å². The van der Waals surface area contributed by atoms with Gasteiger partial charge in [0.2, 0.25) is 0 Å². The molecule has 2 unspecified atom stereocenters. The second-order valence-electron chi connectivity index (χ2n) is 5.21. The van der Waals surface area contributed by atoms with E-state index in [4.69, 9.17) is 16.2 Å². The number of hydrogen-bond acceptors (Lipinski definition) is 8. The zero-order chi connectivity index (χ0) is 18.6. The third-order valence-corrected chi connectivity index (χ3v) is 4.15. The summed E-state index contributed by atoms with van der Waals surface area (Å²) in [4.78, 5) is 22.7. The van der Waals surface area contributed by atoms with Crippen molar-refractivity contribution in [1.29, 1.82) is 0 Å². The molecule has 6 N–H and O–H groups in total. The number of nitrogens with zero attached hydrogens (tertiary/aromatic N) is 1. The van der Waals surface area contributed by atoms with Gasteiger partial charge in [0.25, 0.3) is 5.91 Å². The Bertz CT molecular complexity index is 783. The zero-order valence-corrected chi connectivity index (χ0v) is 14.4. The van der Waals surface area contributed by atoms with Gasteiger partial charge in [-0.2, -0.15) is 4.37 Å². The largest absolute Gasteiger partial charge is 0.370 e. The number of aldehydes is 1. The maximum Gasteiger partial charge on any atom is 0.250 e. The summed E-state index contributed by atoms with van der Waals surface area (Å²) in [6.07, 6.45) is -0.455. The summed E-state index contributed by atoms with van der Waals surface area (Å²) in [6.45, 7) is 1.81. The lowest BCUT2D eigenvalue weighted by Gasteiger charge is -2.21. The summed E-state index contributed by atoms with van der Waals surface area (Å²) in [5, 5.41) is 6.27. The van der Waals surface area contributed by atoms with E-state index in [1.165, 1.54) is 24.7 Å². The van der Waals surface area contributed by atoms with Crippen LogP contribution in [0.5, 0.6) is 0 Å². The van der Waals surface area contributed by atoms with Crippen LogP contribution in [0.3, 0.4) is 0 Å². The van der Waals surface area contributed by atoms with Crippen molar-refractivity contribution >= 4 is 40.1 Å². The number of aromatic nitrogens is 1. The lowest BCUT2D eigenvalue weighted by molar-refractivity contribution is -0.110. The van der Waals surface area contributed by atoms with E-state index in [2.05, 4.69) is 15.0 Å². The van der Waals surface area contributed by atoms with Gasteiger partial charge in [0.05, 0.1) is 22.6 Å². The molecular weight excluding hydrogens is 349 g/mol. The monoisotopic (exact) mass is 367 g/mol. The Hall–Kier alpha value is -2.56. The van der Waals surface area contributed by atoms with Gasteiger partial charge in [0.1, 0.15) is 29.4 Å². The molecule has 0 aliphatic rings. The molecule has 0 radical (unpaired) electrons. The fourth-order valence-corrected chi connectivity index (χ4v) is 2.74. The Kier molecular flexibility index (Phi) is 6.02. The Morgan fingerprint density at radius 2 is 2.12 bits per heavy atom. The van der Waals surface area contributed by atoms with Crippen molar-refractivity contribution in [3.63, 3.8) is 0 Å². The molecular formula is C15H18FN5O3S. The molecule has 1 aromatic carbocycles. The standard InChI is InChI=1S/C15H18FN5O3S/c1-7-3-13(25-21-7)20-10-5-11(9(16)4-8(10)14(17)23)19-12(6-22)15(18)24-2/h3-6,12,15,19-20H,18H2,1-2H3,(H2,17,23). The number of aryl methyl sites for hydroxylation is 1. The van der Waals surface area contributed by atoms with E-state index in [-0.39, 0.29) is 16.9 Å². The number of carbonyl (C=O) groups excluding carboxylic acids is 2. The molecule has 1 amide bonds. The molecule has 0 saturated heterocycles. The minimum Gasteiger partial charge on any atom is -0.370 e. The van der Waals surface area contributed by atoms with Crippen molar-refractivity contribution in [3.8, 4) is 0 Å². The summed E-state index contributed by atoms with van der Waals surface area (Å²) >= 11 is 1.18. The smallest absolute Gasteiger partial charge is 0.250 e. The highest BCUT2D eigenvalue weighted by Gasteiger charge is 2.20. The van der Waals surface area contributed by atoms with Gasteiger partial charge in [-0.1, -0.05) is 0 Å². The molecule has 2 atom stereocenters. The molecule has 134 valence electrons. The number of methoxy groups -OCH3 is 1. The molecule has 1 aromatic heterocycles. The van der Waals surface area contributed by atoms with E-state index >= 15 is 0 Å². The predicted octanol–water partition coefficient (Wildman–Crippen LogP) is 1.34. The maximum atomic E-state index is 14.3. The van der Waals surface area contributed by atoms with Crippen molar-refractivity contribution in [1.82, 2.24) is 4.37 Å². The molecule has 10 heteroatoms. The highest BCUT2D eigenvalue weighted by Crippen LogP contribution is 2.29. The Labute approximate surface area is 147 Å². The topological polar surface area (TPSA) is 132 Å². The van der Waals surface area contributed by atoms with E-state index in [9.17, 15) is 14.0 Å². The molecule has 0 bridgehead atoms. The van der Waals surface area contributed by atoms with Gasteiger partial charge in [0, 0.05) is 7.11 Å². The first-order valence-corrected chi connectivity index (χ1v) is 7.97. The number of primary amides is 1. The van der Waals surface area contributed by atoms with E-state index in [1.54, 1.807) is 6.07 Å². The number of carbonyl (C=O) groups is 2. The Balaban J connectivity index is 2.39. The predicted molar refractivity (Wildman–Crippen MR) is 93.5 cm³/mol. The van der Waals surface area contributed by atoms with E-state index in [1.807, 2.05) is 6.92 Å². The third-order valence-electron chi connectivity index (χ3n) is 3.35. The van der Waals surface area contributed by atoms with Crippen LogP contribution >= 0.6 is 11.5 Å². The number of anilines is 3. The van der Waals surface area contributed by atoms with Crippen LogP contribution in [0.4, 0.5) is 20.8 Å². The van der Waals surface area contributed by atoms with Crippen LogP contribution in [0.25, 0.3) is 0 Å². The number of rotatable bonds is 8. The number of hydrogen-bond donors (Lipinski definition) is 4. The van der Waals surface area contributed by atoms with Crippen molar-refractivity contribution in [2.45, 2.75) is 19.2 Å². The van der Waals surface area contributed by atoms with Crippen molar-refractivity contribution in [2.24, 2.45) is 11.5 Å². The van der Waals surface area contributed by atoms with Crippen molar-refractivity contribution in [3.05, 3.63) is 35.3 Å². The number of nitrogens with one attached hydrogen (secondary N) is 2. The average molecular weight is 367 g/mol. The summed E-state index contributed by atoms with van der Waals surface area (Å²) in [5.41, 5.74) is 12.0. The van der Waals surface area contributed by atoms with Crippen LogP contribution in [-0.4, -0.2) is 35.9 Å². The zero-order valence-electron chi connectivity index (χ0n) is 13.6. The minimum absolute atomic E-state index is 0.0293. The quantitative estimate of drug-likeness (QED) is 0.409. The second kappa shape index (κ2) is 8.01. The first kappa shape index (κ1) is 18.8. The Morgan fingerprint density at radius 3 is 2.64 bits per heavy atom. The van der Waals surface area contributed by atoms with E-state index in [0.29, 0.717) is 11.3 Å². The minimum atomic E-state index is -0.975. The van der Waals surface area contributed by atoms with Gasteiger partial charge in [0.15, 0.2) is 0 Å². The molecule has 2 rings (SSSR count). The molecule has 0 spiro atoms. The van der Waals surface area contributed by atoms with Crippen LogP contribution in [0.15, 0.2) is 18.2 Å². The number of nitrogens with two attached hydrogens (primary N) is 2. The van der Waals surface area contributed by atoms with Crippen molar-refractivity contribution < 1.29 is 18.7 Å². The van der Waals surface area contributed by atoms with Gasteiger partial charge in [-0.05, 0) is 36.7 Å². The lowest BCUT2D eigenvalue weighted by Crippen LogP contribution is -2.43. The number of benzene rings is 1. The second-order valence-corrected chi connectivity index (χ2v) is 6.01. The molecule has 25 heavy (non-hydrogen) atoms. The molecule has 2 aromatic rings. The highest BCUT2D eigenvalue weighted by molar-refractivity contribution is 7.10. The van der Waals surface area contributed by atoms with E-state index < -0.39 is 24.0 Å². The van der Waals surface area contributed by atoms with Crippen LogP contribution in [-0.2, 0) is 9.53 Å². The third kappa shape index (κ3) is 4.50. The van der Waals surface area contributed by atoms with Gasteiger partial charge in [-0.3, -0.25) is 4.79 Å². The SMILES string of the molecule is COC(N)C(C=O)Nc1cc(Nc2cc(C)ns2)c(C(N)=O)cc1F. The van der Waals surface area contributed by atoms with Gasteiger partial charge < -0.3 is 31.6 Å². The van der Waals surface area contributed by atoms with Gasteiger partial charge >= 0.3 is 0 Å². The van der Waals surface area contributed by atoms with Gasteiger partial charge in [-0.15, -0.1) is 0 Å². The highest BCUT2D eigenvalue weighted by atomic mass is 32.1. The van der Waals surface area contributed by atoms with Crippen LogP contribution in [0, 0.1) is 12.7 Å². The summed E-state index contributed by atoms with van der Waals surface area (Å²) in [5.74, 6) is -1.55. The van der Waals surface area contributed by atoms with Crippen LogP contribution < -0.4 is 22.1 Å². The first-order valence-electron chi connectivity index (χ1n) is 7.19. The number of amides is 1.